The molecule has 21 heavy (non-hydrogen) atoms. The molecule has 4 rings (SSSR count). The summed E-state index contributed by atoms with van der Waals surface area (Å²) in [6.07, 6.45) is 6.76. The highest BCUT2D eigenvalue weighted by atomic mass is 16.7. The Kier molecular flexibility index (Phi) is 3.24. The average Bonchev–Trinajstić information content (AvgIpc) is 3.20. The van der Waals surface area contributed by atoms with E-state index in [1.807, 2.05) is 0 Å². The quantitative estimate of drug-likeness (QED) is 0.929. The molecule has 2 aliphatic carbocycles. The van der Waals surface area contributed by atoms with E-state index in [9.17, 15) is 4.79 Å². The third kappa shape index (κ3) is 2.37. The molecule has 0 saturated heterocycles. The summed E-state index contributed by atoms with van der Waals surface area (Å²) < 4.78 is 10.6. The standard InChI is InChI=1S/C17H21NO3/c19-17(12-6-7-15-16(8-12)21-10-20-15)18-9-13-5-4-11-2-1-3-14(11)13/h6-8,11,13-14H,1-5,9-10H2,(H,18,19)/t11-,13+,14-/m0/s1. The molecule has 1 aromatic rings. The van der Waals surface area contributed by atoms with Crippen molar-refractivity contribution in [2.75, 3.05) is 13.3 Å². The van der Waals surface area contributed by atoms with Crippen LogP contribution in [0.4, 0.5) is 0 Å². The van der Waals surface area contributed by atoms with E-state index in [0.29, 0.717) is 17.2 Å². The van der Waals surface area contributed by atoms with E-state index in [1.54, 1.807) is 18.2 Å². The van der Waals surface area contributed by atoms with Crippen molar-refractivity contribution in [2.24, 2.45) is 17.8 Å². The zero-order valence-electron chi connectivity index (χ0n) is 12.1. The van der Waals surface area contributed by atoms with Gasteiger partial charge in [0.2, 0.25) is 6.79 Å². The fourth-order valence-electron chi connectivity index (χ4n) is 4.30. The number of rotatable bonds is 3. The minimum atomic E-state index is -0.00486. The summed E-state index contributed by atoms with van der Waals surface area (Å²) in [5.74, 6) is 3.83. The van der Waals surface area contributed by atoms with Crippen molar-refractivity contribution in [2.45, 2.75) is 32.1 Å². The fraction of sp³-hybridized carbons (Fsp3) is 0.588. The topological polar surface area (TPSA) is 47.6 Å². The number of fused-ring (bicyclic) bond motifs is 2. The molecule has 2 fully saturated rings. The SMILES string of the molecule is O=C(NC[C@H]1CC[C@@H]2CCC[C@@H]21)c1ccc2c(c1)OCO2. The molecule has 0 spiro atoms. The number of hydrogen-bond acceptors (Lipinski definition) is 3. The van der Waals surface area contributed by atoms with Gasteiger partial charge in [-0.25, -0.2) is 0 Å². The second-order valence-corrected chi connectivity index (χ2v) is 6.47. The van der Waals surface area contributed by atoms with Crippen LogP contribution in [0.5, 0.6) is 11.5 Å². The number of nitrogens with one attached hydrogen (secondary N) is 1. The van der Waals surface area contributed by atoms with Gasteiger partial charge in [-0.1, -0.05) is 12.8 Å². The lowest BCUT2D eigenvalue weighted by Crippen LogP contribution is -2.31. The summed E-state index contributed by atoms with van der Waals surface area (Å²) in [5, 5.41) is 3.11. The van der Waals surface area contributed by atoms with Gasteiger partial charge in [0, 0.05) is 12.1 Å². The maximum Gasteiger partial charge on any atom is 0.251 e. The summed E-state index contributed by atoms with van der Waals surface area (Å²) in [6, 6.07) is 5.38. The van der Waals surface area contributed by atoms with Crippen LogP contribution in [0, 0.1) is 17.8 Å². The third-order valence-electron chi connectivity index (χ3n) is 5.39. The highest BCUT2D eigenvalue weighted by molar-refractivity contribution is 5.94. The van der Waals surface area contributed by atoms with Crippen LogP contribution in [0.1, 0.15) is 42.5 Å². The normalized spacial score (nSPS) is 29.4. The van der Waals surface area contributed by atoms with Crippen molar-refractivity contribution in [1.82, 2.24) is 5.32 Å². The van der Waals surface area contributed by atoms with Crippen LogP contribution in [0.25, 0.3) is 0 Å². The van der Waals surface area contributed by atoms with Crippen molar-refractivity contribution >= 4 is 5.91 Å². The molecule has 1 aliphatic heterocycles. The van der Waals surface area contributed by atoms with E-state index in [1.165, 1.54) is 32.1 Å². The van der Waals surface area contributed by atoms with Crippen molar-refractivity contribution in [3.05, 3.63) is 23.8 Å². The molecule has 1 N–H and O–H groups in total. The molecule has 0 bridgehead atoms. The van der Waals surface area contributed by atoms with Crippen LogP contribution >= 0.6 is 0 Å². The van der Waals surface area contributed by atoms with Gasteiger partial charge in [-0.2, -0.15) is 0 Å². The lowest BCUT2D eigenvalue weighted by Gasteiger charge is -2.19. The molecule has 2 saturated carbocycles. The Morgan fingerprint density at radius 1 is 1.14 bits per heavy atom. The molecule has 4 nitrogen and oxygen atoms in total. The summed E-state index contributed by atoms with van der Waals surface area (Å²) >= 11 is 0. The zero-order valence-corrected chi connectivity index (χ0v) is 12.1. The van der Waals surface area contributed by atoms with Crippen molar-refractivity contribution in [1.29, 1.82) is 0 Å². The van der Waals surface area contributed by atoms with E-state index in [2.05, 4.69) is 5.32 Å². The minimum Gasteiger partial charge on any atom is -0.454 e. The second kappa shape index (κ2) is 5.24. The Hall–Kier alpha value is -1.71. The van der Waals surface area contributed by atoms with Gasteiger partial charge in [0.05, 0.1) is 0 Å². The predicted molar refractivity (Wildman–Crippen MR) is 78.5 cm³/mol. The Morgan fingerprint density at radius 2 is 2.05 bits per heavy atom. The molecular formula is C17H21NO3. The van der Waals surface area contributed by atoms with Gasteiger partial charge in [-0.05, 0) is 55.2 Å². The zero-order chi connectivity index (χ0) is 14.2. The largest absolute Gasteiger partial charge is 0.454 e. The van der Waals surface area contributed by atoms with Crippen molar-refractivity contribution < 1.29 is 14.3 Å². The smallest absolute Gasteiger partial charge is 0.251 e. The van der Waals surface area contributed by atoms with E-state index in [-0.39, 0.29) is 12.7 Å². The van der Waals surface area contributed by atoms with Crippen LogP contribution in [-0.2, 0) is 0 Å². The monoisotopic (exact) mass is 287 g/mol. The summed E-state index contributed by atoms with van der Waals surface area (Å²) in [6.45, 7) is 1.06. The number of hydrogen-bond donors (Lipinski definition) is 1. The number of amides is 1. The highest BCUT2D eigenvalue weighted by Gasteiger charge is 2.38. The summed E-state index contributed by atoms with van der Waals surface area (Å²) in [7, 11) is 0. The molecule has 3 aliphatic rings. The lowest BCUT2D eigenvalue weighted by atomic mass is 9.92. The molecule has 1 heterocycles. The van der Waals surface area contributed by atoms with Crippen molar-refractivity contribution in [3.8, 4) is 11.5 Å². The molecule has 4 heteroatoms. The van der Waals surface area contributed by atoms with Gasteiger partial charge >= 0.3 is 0 Å². The van der Waals surface area contributed by atoms with Gasteiger partial charge in [-0.15, -0.1) is 0 Å². The van der Waals surface area contributed by atoms with Crippen LogP contribution in [0.3, 0.4) is 0 Å². The van der Waals surface area contributed by atoms with Crippen LogP contribution in [0.15, 0.2) is 18.2 Å². The molecule has 1 amide bonds. The van der Waals surface area contributed by atoms with Crippen molar-refractivity contribution in [3.63, 3.8) is 0 Å². The van der Waals surface area contributed by atoms with Crippen LogP contribution in [0.2, 0.25) is 0 Å². The first-order valence-electron chi connectivity index (χ1n) is 7.99. The molecule has 0 radical (unpaired) electrons. The molecule has 3 atom stereocenters. The number of ether oxygens (including phenoxy) is 2. The second-order valence-electron chi connectivity index (χ2n) is 6.47. The van der Waals surface area contributed by atoms with Gasteiger partial charge in [0.1, 0.15) is 0 Å². The fourth-order valence-corrected chi connectivity index (χ4v) is 4.30. The first-order chi connectivity index (χ1) is 10.3. The van der Waals surface area contributed by atoms with E-state index < -0.39 is 0 Å². The van der Waals surface area contributed by atoms with Crippen LogP contribution < -0.4 is 14.8 Å². The number of carbonyl (C=O) groups excluding carboxylic acids is 1. The van der Waals surface area contributed by atoms with E-state index in [4.69, 9.17) is 9.47 Å². The summed E-state index contributed by atoms with van der Waals surface area (Å²) in [5.41, 5.74) is 0.653. The third-order valence-corrected chi connectivity index (χ3v) is 5.39. The average molecular weight is 287 g/mol. The van der Waals surface area contributed by atoms with Gasteiger partial charge < -0.3 is 14.8 Å². The summed E-state index contributed by atoms with van der Waals surface area (Å²) in [4.78, 5) is 12.3. The molecular weight excluding hydrogens is 266 g/mol. The maximum atomic E-state index is 12.3. The Bertz CT molecular complexity index is 557. The van der Waals surface area contributed by atoms with Gasteiger partial charge in [0.15, 0.2) is 11.5 Å². The van der Waals surface area contributed by atoms with E-state index >= 15 is 0 Å². The van der Waals surface area contributed by atoms with Gasteiger partial charge in [-0.3, -0.25) is 4.79 Å². The maximum absolute atomic E-state index is 12.3. The van der Waals surface area contributed by atoms with Crippen LogP contribution in [-0.4, -0.2) is 19.2 Å². The molecule has 1 aromatic carbocycles. The molecule has 112 valence electrons. The first-order valence-corrected chi connectivity index (χ1v) is 7.99. The number of benzene rings is 1. The minimum absolute atomic E-state index is 0.00486. The first kappa shape index (κ1) is 13.0. The Morgan fingerprint density at radius 3 is 3.00 bits per heavy atom. The number of carbonyl (C=O) groups is 1. The van der Waals surface area contributed by atoms with E-state index in [0.717, 1.165) is 24.1 Å². The highest BCUT2D eigenvalue weighted by Crippen LogP contribution is 2.47. The Balaban J connectivity index is 1.37. The lowest BCUT2D eigenvalue weighted by molar-refractivity contribution is 0.0942. The molecule has 0 unspecified atom stereocenters. The predicted octanol–water partition coefficient (Wildman–Crippen LogP) is 2.97. The molecule has 0 aromatic heterocycles. The van der Waals surface area contributed by atoms with Gasteiger partial charge in [0.25, 0.3) is 5.91 Å². The Labute approximate surface area is 124 Å².